The van der Waals surface area contributed by atoms with Crippen molar-refractivity contribution in [2.45, 2.75) is 53.5 Å². The molecule has 0 aromatic heterocycles. The lowest BCUT2D eigenvalue weighted by Crippen LogP contribution is -2.54. The second-order valence-corrected chi connectivity index (χ2v) is 7.01. The maximum Gasteiger partial charge on any atom is 0.326 e. The number of carbonyl (C=O) groups excluding carboxylic acids is 1. The minimum absolute atomic E-state index is 0.236. The van der Waals surface area contributed by atoms with Crippen LogP contribution in [0.2, 0.25) is 0 Å². The largest absolute Gasteiger partial charge is 0.480 e. The van der Waals surface area contributed by atoms with E-state index in [-0.39, 0.29) is 6.03 Å². The number of amides is 2. The van der Waals surface area contributed by atoms with Gasteiger partial charge in [0, 0.05) is 13.1 Å². The molecule has 0 aromatic carbocycles. The lowest BCUT2D eigenvalue weighted by Gasteiger charge is -2.36. The zero-order valence-electron chi connectivity index (χ0n) is 13.9. The molecule has 0 aromatic rings. The molecule has 2 amide bonds. The summed E-state index contributed by atoms with van der Waals surface area (Å²) in [5, 5.41) is 12.2. The third kappa shape index (κ3) is 4.90. The molecule has 122 valence electrons. The molecule has 0 aliphatic carbocycles. The van der Waals surface area contributed by atoms with Gasteiger partial charge in [0.2, 0.25) is 0 Å². The van der Waals surface area contributed by atoms with Crippen molar-refractivity contribution >= 4 is 12.0 Å². The molecule has 1 heterocycles. The Hall–Kier alpha value is -1.26. The Morgan fingerprint density at radius 1 is 1.24 bits per heavy atom. The van der Waals surface area contributed by atoms with Gasteiger partial charge in [-0.1, -0.05) is 34.6 Å². The van der Waals surface area contributed by atoms with Crippen molar-refractivity contribution in [1.82, 2.24) is 10.2 Å². The molecule has 0 bridgehead atoms. The Labute approximate surface area is 128 Å². The van der Waals surface area contributed by atoms with Crippen LogP contribution in [-0.2, 0) is 4.79 Å². The van der Waals surface area contributed by atoms with Crippen molar-refractivity contribution < 1.29 is 14.7 Å². The van der Waals surface area contributed by atoms with Crippen LogP contribution >= 0.6 is 0 Å². The van der Waals surface area contributed by atoms with Crippen molar-refractivity contribution in [1.29, 1.82) is 0 Å². The highest BCUT2D eigenvalue weighted by Crippen LogP contribution is 2.23. The summed E-state index contributed by atoms with van der Waals surface area (Å²) in [4.78, 5) is 25.2. The molecule has 1 saturated heterocycles. The van der Waals surface area contributed by atoms with Gasteiger partial charge in [-0.2, -0.15) is 0 Å². The molecule has 2 unspecified atom stereocenters. The summed E-state index contributed by atoms with van der Waals surface area (Å²) in [7, 11) is 0. The zero-order valence-corrected chi connectivity index (χ0v) is 13.9. The number of likely N-dealkylation sites (tertiary alicyclic amines) is 1. The predicted molar refractivity (Wildman–Crippen MR) is 83.1 cm³/mol. The number of nitrogens with zero attached hydrogens (tertiary/aromatic N) is 1. The Balaban J connectivity index is 2.63. The number of nitrogens with one attached hydrogen (secondary N) is 1. The van der Waals surface area contributed by atoms with Gasteiger partial charge < -0.3 is 15.3 Å². The summed E-state index contributed by atoms with van der Waals surface area (Å²) in [6.45, 7) is 11.8. The molecule has 0 radical (unpaired) electrons. The minimum atomic E-state index is -0.902. The highest BCUT2D eigenvalue weighted by molar-refractivity contribution is 5.82. The van der Waals surface area contributed by atoms with E-state index in [0.29, 0.717) is 43.2 Å². The average molecular weight is 298 g/mol. The highest BCUT2D eigenvalue weighted by atomic mass is 16.4. The third-order valence-corrected chi connectivity index (χ3v) is 4.61. The summed E-state index contributed by atoms with van der Waals surface area (Å²) in [6, 6.07) is -0.925. The van der Waals surface area contributed by atoms with E-state index < -0.39 is 12.0 Å². The van der Waals surface area contributed by atoms with Crippen molar-refractivity contribution in [3.05, 3.63) is 0 Å². The molecular weight excluding hydrogens is 268 g/mol. The molecule has 5 nitrogen and oxygen atoms in total. The first kappa shape index (κ1) is 17.8. The van der Waals surface area contributed by atoms with Crippen LogP contribution in [0.1, 0.15) is 47.5 Å². The molecule has 21 heavy (non-hydrogen) atoms. The summed E-state index contributed by atoms with van der Waals surface area (Å²) in [5.41, 5.74) is 0. The molecule has 1 fully saturated rings. The van der Waals surface area contributed by atoms with Crippen molar-refractivity contribution in [3.63, 3.8) is 0 Å². The van der Waals surface area contributed by atoms with E-state index in [1.54, 1.807) is 0 Å². The van der Waals surface area contributed by atoms with Crippen molar-refractivity contribution in [2.75, 3.05) is 13.1 Å². The number of carboxylic acids is 1. The van der Waals surface area contributed by atoms with E-state index in [4.69, 9.17) is 0 Å². The number of hydrogen-bond acceptors (Lipinski definition) is 2. The predicted octanol–water partition coefficient (Wildman–Crippen LogP) is 2.81. The van der Waals surface area contributed by atoms with Crippen LogP contribution in [0.3, 0.4) is 0 Å². The quantitative estimate of drug-likeness (QED) is 0.820. The van der Waals surface area contributed by atoms with Crippen molar-refractivity contribution in [3.8, 4) is 0 Å². The number of carbonyl (C=O) groups is 2. The molecule has 5 heteroatoms. The number of aliphatic carboxylic acids is 1. The highest BCUT2D eigenvalue weighted by Gasteiger charge is 2.35. The Morgan fingerprint density at radius 2 is 1.81 bits per heavy atom. The molecule has 0 saturated carbocycles. The summed E-state index contributed by atoms with van der Waals surface area (Å²) in [5.74, 6) is 0.833. The van der Waals surface area contributed by atoms with Crippen LogP contribution in [0.4, 0.5) is 4.79 Å². The van der Waals surface area contributed by atoms with E-state index in [1.165, 1.54) is 4.90 Å². The van der Waals surface area contributed by atoms with Gasteiger partial charge in [-0.15, -0.1) is 0 Å². The maximum atomic E-state index is 12.3. The van der Waals surface area contributed by atoms with Gasteiger partial charge in [0.05, 0.1) is 0 Å². The average Bonchev–Trinajstić information content (AvgIpc) is 2.37. The third-order valence-electron chi connectivity index (χ3n) is 4.61. The van der Waals surface area contributed by atoms with Crippen LogP contribution in [0.15, 0.2) is 0 Å². The number of urea groups is 1. The van der Waals surface area contributed by atoms with Gasteiger partial charge in [0.15, 0.2) is 0 Å². The zero-order chi connectivity index (χ0) is 16.2. The molecule has 2 atom stereocenters. The maximum absolute atomic E-state index is 12.3. The molecule has 1 aliphatic heterocycles. The molecule has 1 aliphatic rings. The van der Waals surface area contributed by atoms with E-state index in [9.17, 15) is 14.7 Å². The smallest absolute Gasteiger partial charge is 0.326 e. The van der Waals surface area contributed by atoms with Gasteiger partial charge in [-0.05, 0) is 36.5 Å². The van der Waals surface area contributed by atoms with Gasteiger partial charge in [-0.3, -0.25) is 0 Å². The van der Waals surface area contributed by atoms with Gasteiger partial charge in [0.25, 0.3) is 0 Å². The first-order valence-corrected chi connectivity index (χ1v) is 8.01. The molecule has 0 spiro atoms. The van der Waals surface area contributed by atoms with Gasteiger partial charge in [0.1, 0.15) is 6.04 Å². The monoisotopic (exact) mass is 298 g/mol. The summed E-state index contributed by atoms with van der Waals surface area (Å²) >= 11 is 0. The van der Waals surface area contributed by atoms with Gasteiger partial charge in [-0.25, -0.2) is 9.59 Å². The lowest BCUT2D eigenvalue weighted by atomic mass is 9.85. The number of rotatable bonds is 5. The van der Waals surface area contributed by atoms with Crippen LogP contribution in [0.5, 0.6) is 0 Å². The first-order chi connectivity index (χ1) is 9.73. The lowest BCUT2D eigenvalue weighted by molar-refractivity contribution is -0.143. The first-order valence-electron chi connectivity index (χ1n) is 8.01. The van der Waals surface area contributed by atoms with E-state index >= 15 is 0 Å². The normalized spacial score (nSPS) is 23.0. The Kier molecular flexibility index (Phi) is 6.49. The van der Waals surface area contributed by atoms with Crippen LogP contribution < -0.4 is 5.32 Å². The fourth-order valence-corrected chi connectivity index (χ4v) is 3.17. The van der Waals surface area contributed by atoms with E-state index in [2.05, 4.69) is 33.0 Å². The standard InChI is InChI=1S/C16H30N2O3/c1-10(2)13(11(3)4)9-17-16(21)18-7-6-12(5)8-14(18)15(19)20/h10-14H,6-9H2,1-5H3,(H,17,21)(H,19,20). The minimum Gasteiger partial charge on any atom is -0.480 e. The fourth-order valence-electron chi connectivity index (χ4n) is 3.17. The molecule has 1 rings (SSSR count). The topological polar surface area (TPSA) is 69.6 Å². The molecular formula is C16H30N2O3. The van der Waals surface area contributed by atoms with E-state index in [0.717, 1.165) is 6.42 Å². The van der Waals surface area contributed by atoms with Crippen LogP contribution in [0, 0.1) is 23.7 Å². The second-order valence-electron chi connectivity index (χ2n) is 7.01. The number of hydrogen-bond donors (Lipinski definition) is 2. The Bertz CT molecular complexity index is 361. The van der Waals surface area contributed by atoms with Crippen molar-refractivity contribution in [2.24, 2.45) is 23.7 Å². The van der Waals surface area contributed by atoms with Crippen LogP contribution in [0.25, 0.3) is 0 Å². The van der Waals surface area contributed by atoms with E-state index in [1.807, 2.05) is 6.92 Å². The summed E-state index contributed by atoms with van der Waals surface area (Å²) < 4.78 is 0. The summed E-state index contributed by atoms with van der Waals surface area (Å²) in [6.07, 6.45) is 1.41. The van der Waals surface area contributed by atoms with Crippen LogP contribution in [-0.4, -0.2) is 41.1 Å². The fraction of sp³-hybridized carbons (Fsp3) is 0.875. The number of piperidine rings is 1. The second kappa shape index (κ2) is 7.66. The molecule has 2 N–H and O–H groups in total. The Morgan fingerprint density at radius 3 is 2.29 bits per heavy atom. The van der Waals surface area contributed by atoms with Gasteiger partial charge >= 0.3 is 12.0 Å². The SMILES string of the molecule is CC1CCN(C(=O)NCC(C(C)C)C(C)C)C(C(=O)O)C1. The number of carboxylic acid groups (broad SMARTS) is 1.